The van der Waals surface area contributed by atoms with E-state index < -0.39 is 5.60 Å². The van der Waals surface area contributed by atoms with Crippen LogP contribution < -0.4 is 10.2 Å². The number of nitrogens with zero attached hydrogens (tertiary/aromatic N) is 3. The molecule has 0 bridgehead atoms. The average molecular weight is 378 g/mol. The topological polar surface area (TPSA) is 84.0 Å². The molecule has 1 aliphatic heterocycles. The third-order valence-corrected chi connectivity index (χ3v) is 3.97. The molecule has 2 rings (SSSR count). The smallest absolute Gasteiger partial charge is 0.410 e. The number of piperazine rings is 1. The zero-order valence-electron chi connectivity index (χ0n) is 16.7. The van der Waals surface area contributed by atoms with E-state index in [1.54, 1.807) is 18.0 Å². The highest BCUT2D eigenvalue weighted by atomic mass is 16.6. The van der Waals surface area contributed by atoms with Crippen molar-refractivity contribution in [1.29, 1.82) is 0 Å². The molecule has 1 aliphatic rings. The molecule has 27 heavy (non-hydrogen) atoms. The van der Waals surface area contributed by atoms with Gasteiger partial charge in [0.2, 0.25) is 0 Å². The molecule has 0 atom stereocenters. The minimum atomic E-state index is -0.479. The quantitative estimate of drug-likeness (QED) is 0.756. The molecule has 0 aromatic carbocycles. The van der Waals surface area contributed by atoms with Crippen molar-refractivity contribution in [1.82, 2.24) is 15.2 Å². The lowest BCUT2D eigenvalue weighted by Crippen LogP contribution is -2.50. The van der Waals surface area contributed by atoms with Crippen molar-refractivity contribution in [3.63, 3.8) is 0 Å². The molecule has 0 saturated carbocycles. The number of anilines is 1. The Bertz CT molecular complexity index is 620. The summed E-state index contributed by atoms with van der Waals surface area (Å²) in [5, 5.41) is 3.04. The van der Waals surface area contributed by atoms with Gasteiger partial charge in [-0.2, -0.15) is 0 Å². The van der Waals surface area contributed by atoms with Gasteiger partial charge in [-0.1, -0.05) is 6.07 Å². The Kier molecular flexibility index (Phi) is 7.41. The summed E-state index contributed by atoms with van der Waals surface area (Å²) >= 11 is 0. The molecule has 0 radical (unpaired) electrons. The SMILES string of the molecule is CCOC(=O)CNCc1ccc(N2CCN(C(=O)OC(C)(C)C)CC2)nc1. The van der Waals surface area contributed by atoms with Crippen LogP contribution in [0.5, 0.6) is 0 Å². The predicted octanol–water partition coefficient (Wildman–Crippen LogP) is 1.79. The van der Waals surface area contributed by atoms with Crippen molar-refractivity contribution in [3.8, 4) is 0 Å². The molecule has 150 valence electrons. The highest BCUT2D eigenvalue weighted by Crippen LogP contribution is 2.16. The molecule has 2 heterocycles. The number of ether oxygens (including phenoxy) is 2. The third-order valence-electron chi connectivity index (χ3n) is 3.97. The molecule has 1 amide bonds. The highest BCUT2D eigenvalue weighted by Gasteiger charge is 2.26. The summed E-state index contributed by atoms with van der Waals surface area (Å²) in [4.78, 5) is 31.8. The predicted molar refractivity (Wildman–Crippen MR) is 103 cm³/mol. The molecule has 1 saturated heterocycles. The van der Waals surface area contributed by atoms with E-state index in [2.05, 4.69) is 15.2 Å². The fourth-order valence-electron chi connectivity index (χ4n) is 2.67. The lowest BCUT2D eigenvalue weighted by Gasteiger charge is -2.36. The normalized spacial score (nSPS) is 14.8. The van der Waals surface area contributed by atoms with Gasteiger partial charge in [0.15, 0.2) is 0 Å². The maximum atomic E-state index is 12.1. The third kappa shape index (κ3) is 7.05. The average Bonchev–Trinajstić information content (AvgIpc) is 2.61. The summed E-state index contributed by atoms with van der Waals surface area (Å²) in [6.07, 6.45) is 1.53. The second kappa shape index (κ2) is 9.55. The number of rotatable bonds is 6. The summed E-state index contributed by atoms with van der Waals surface area (Å²) in [6.45, 7) is 11.2. The number of pyridine rings is 1. The lowest BCUT2D eigenvalue weighted by atomic mass is 10.2. The van der Waals surface area contributed by atoms with Crippen LogP contribution in [0.15, 0.2) is 18.3 Å². The van der Waals surface area contributed by atoms with Gasteiger partial charge in [-0.3, -0.25) is 4.79 Å². The fraction of sp³-hybridized carbons (Fsp3) is 0.632. The first kappa shape index (κ1) is 21.0. The number of hydrogen-bond acceptors (Lipinski definition) is 7. The van der Waals surface area contributed by atoms with Gasteiger partial charge in [0, 0.05) is 38.9 Å². The van der Waals surface area contributed by atoms with Crippen molar-refractivity contribution < 1.29 is 19.1 Å². The maximum Gasteiger partial charge on any atom is 0.410 e. The Balaban J connectivity index is 1.78. The van der Waals surface area contributed by atoms with Gasteiger partial charge >= 0.3 is 12.1 Å². The van der Waals surface area contributed by atoms with Crippen molar-refractivity contribution in [2.45, 2.75) is 39.8 Å². The molecule has 0 spiro atoms. The summed E-state index contributed by atoms with van der Waals surface area (Å²) in [5.41, 5.74) is 0.517. The lowest BCUT2D eigenvalue weighted by molar-refractivity contribution is -0.142. The van der Waals surface area contributed by atoms with E-state index in [9.17, 15) is 9.59 Å². The number of carbonyl (C=O) groups is 2. The Hall–Kier alpha value is -2.35. The molecular formula is C19H30N4O4. The zero-order valence-corrected chi connectivity index (χ0v) is 16.7. The van der Waals surface area contributed by atoms with Gasteiger partial charge in [0.25, 0.3) is 0 Å². The zero-order chi connectivity index (χ0) is 19.9. The van der Waals surface area contributed by atoms with Crippen LogP contribution in [-0.2, 0) is 20.8 Å². The van der Waals surface area contributed by atoms with Gasteiger partial charge in [-0.05, 0) is 39.3 Å². The number of carbonyl (C=O) groups excluding carboxylic acids is 2. The van der Waals surface area contributed by atoms with Crippen LogP contribution in [0.3, 0.4) is 0 Å². The summed E-state index contributed by atoms with van der Waals surface area (Å²) in [5.74, 6) is 0.623. The molecule has 8 nitrogen and oxygen atoms in total. The number of hydrogen-bond donors (Lipinski definition) is 1. The number of esters is 1. The first-order chi connectivity index (χ1) is 12.8. The largest absolute Gasteiger partial charge is 0.465 e. The molecule has 1 fully saturated rings. The van der Waals surface area contributed by atoms with E-state index in [0.717, 1.165) is 11.4 Å². The Morgan fingerprint density at radius 2 is 1.89 bits per heavy atom. The first-order valence-electron chi connectivity index (χ1n) is 9.32. The van der Waals surface area contributed by atoms with Gasteiger partial charge < -0.3 is 24.6 Å². The van der Waals surface area contributed by atoms with Crippen LogP contribution in [0.2, 0.25) is 0 Å². The van der Waals surface area contributed by atoms with Gasteiger partial charge in [-0.25, -0.2) is 9.78 Å². The summed E-state index contributed by atoms with van der Waals surface area (Å²) in [6, 6.07) is 3.95. The Morgan fingerprint density at radius 1 is 1.19 bits per heavy atom. The second-order valence-corrected chi connectivity index (χ2v) is 7.39. The van der Waals surface area contributed by atoms with Crippen LogP contribution in [0.25, 0.3) is 0 Å². The van der Waals surface area contributed by atoms with E-state index >= 15 is 0 Å². The van der Waals surface area contributed by atoms with E-state index in [0.29, 0.717) is 39.3 Å². The molecular weight excluding hydrogens is 348 g/mol. The standard InChI is InChI=1S/C19H30N4O4/c1-5-26-17(24)14-20-12-15-6-7-16(21-13-15)22-8-10-23(11-9-22)18(25)27-19(2,3)4/h6-7,13,20H,5,8-12,14H2,1-4H3. The number of amides is 1. The van der Waals surface area contributed by atoms with Crippen LogP contribution in [0.1, 0.15) is 33.3 Å². The van der Waals surface area contributed by atoms with E-state index in [4.69, 9.17) is 9.47 Å². The summed E-state index contributed by atoms with van der Waals surface area (Å²) in [7, 11) is 0. The van der Waals surface area contributed by atoms with Crippen LogP contribution in [0, 0.1) is 0 Å². The van der Waals surface area contributed by atoms with Crippen molar-refractivity contribution in [2.75, 3.05) is 44.2 Å². The van der Waals surface area contributed by atoms with Crippen molar-refractivity contribution in [3.05, 3.63) is 23.9 Å². The van der Waals surface area contributed by atoms with E-state index in [1.165, 1.54) is 0 Å². The number of aromatic nitrogens is 1. The number of nitrogens with one attached hydrogen (secondary N) is 1. The highest BCUT2D eigenvalue weighted by molar-refractivity contribution is 5.71. The second-order valence-electron chi connectivity index (χ2n) is 7.39. The van der Waals surface area contributed by atoms with E-state index in [-0.39, 0.29) is 18.6 Å². The minimum Gasteiger partial charge on any atom is -0.465 e. The Morgan fingerprint density at radius 3 is 2.44 bits per heavy atom. The van der Waals surface area contributed by atoms with Crippen molar-refractivity contribution >= 4 is 17.9 Å². The molecule has 0 unspecified atom stereocenters. The first-order valence-corrected chi connectivity index (χ1v) is 9.32. The molecule has 1 aromatic heterocycles. The van der Waals surface area contributed by atoms with Crippen molar-refractivity contribution in [2.24, 2.45) is 0 Å². The van der Waals surface area contributed by atoms with Crippen LogP contribution >= 0.6 is 0 Å². The van der Waals surface area contributed by atoms with Gasteiger partial charge in [0.1, 0.15) is 11.4 Å². The van der Waals surface area contributed by atoms with Crippen LogP contribution in [-0.4, -0.2) is 66.9 Å². The molecule has 0 aliphatic carbocycles. The molecule has 8 heteroatoms. The van der Waals surface area contributed by atoms with Crippen LogP contribution in [0.4, 0.5) is 10.6 Å². The minimum absolute atomic E-state index is 0.183. The van der Waals surface area contributed by atoms with E-state index in [1.807, 2.05) is 32.9 Å². The molecule has 1 N–H and O–H groups in total. The maximum absolute atomic E-state index is 12.1. The fourth-order valence-corrected chi connectivity index (χ4v) is 2.67. The summed E-state index contributed by atoms with van der Waals surface area (Å²) < 4.78 is 10.3. The Labute approximate surface area is 160 Å². The van der Waals surface area contributed by atoms with Gasteiger partial charge in [0.05, 0.1) is 13.2 Å². The van der Waals surface area contributed by atoms with Gasteiger partial charge in [-0.15, -0.1) is 0 Å². The monoisotopic (exact) mass is 378 g/mol. The molecule has 1 aromatic rings.